The molecule has 1 aromatic rings. The molecule has 1 saturated heterocycles. The first-order valence-electron chi connectivity index (χ1n) is 11.3. The number of ether oxygens (including phenoxy) is 1. The summed E-state index contributed by atoms with van der Waals surface area (Å²) < 4.78 is 12.4. The SMILES string of the molecule is CC[Si](CC)(CC)OC(CCC1CCC2(CC1)COC2)c1c(Cl)cc(Cl)cc1Cl. The van der Waals surface area contributed by atoms with Crippen molar-refractivity contribution in [3.8, 4) is 0 Å². The molecule has 6 heteroatoms. The van der Waals surface area contributed by atoms with Crippen LogP contribution < -0.4 is 0 Å². The van der Waals surface area contributed by atoms with Gasteiger partial charge in [0.05, 0.1) is 19.3 Å². The fourth-order valence-electron chi connectivity index (χ4n) is 5.07. The van der Waals surface area contributed by atoms with Gasteiger partial charge in [0, 0.05) is 26.0 Å². The molecule has 29 heavy (non-hydrogen) atoms. The van der Waals surface area contributed by atoms with E-state index in [0.29, 0.717) is 20.5 Å². The van der Waals surface area contributed by atoms with Gasteiger partial charge < -0.3 is 9.16 Å². The minimum Gasteiger partial charge on any atom is -0.410 e. The van der Waals surface area contributed by atoms with Crippen molar-refractivity contribution in [1.29, 1.82) is 0 Å². The molecular weight excluding hydrogens is 443 g/mol. The molecule has 1 spiro atoms. The second-order valence-corrected chi connectivity index (χ2v) is 15.1. The molecular formula is C23H35Cl3O2Si. The maximum absolute atomic E-state index is 6.94. The van der Waals surface area contributed by atoms with Crippen molar-refractivity contribution in [2.45, 2.75) is 83.5 Å². The molecule has 1 aliphatic carbocycles. The van der Waals surface area contributed by atoms with Gasteiger partial charge in [-0.05, 0) is 74.7 Å². The van der Waals surface area contributed by atoms with Crippen LogP contribution in [0.2, 0.25) is 33.2 Å². The summed E-state index contributed by atoms with van der Waals surface area (Å²) in [6.07, 6.45) is 7.32. The van der Waals surface area contributed by atoms with Gasteiger partial charge in [-0.1, -0.05) is 55.6 Å². The van der Waals surface area contributed by atoms with Gasteiger partial charge >= 0.3 is 0 Å². The molecule has 3 rings (SSSR count). The first kappa shape index (κ1) is 23.9. The van der Waals surface area contributed by atoms with Crippen molar-refractivity contribution < 1.29 is 9.16 Å². The maximum atomic E-state index is 6.94. The van der Waals surface area contributed by atoms with E-state index >= 15 is 0 Å². The summed E-state index contributed by atoms with van der Waals surface area (Å²) in [7, 11) is -1.80. The van der Waals surface area contributed by atoms with Gasteiger partial charge in [-0.2, -0.15) is 0 Å². The summed E-state index contributed by atoms with van der Waals surface area (Å²) in [4.78, 5) is 0. The summed E-state index contributed by atoms with van der Waals surface area (Å²) in [5.41, 5.74) is 1.44. The fourth-order valence-corrected chi connectivity index (χ4v) is 8.97. The Kier molecular flexibility index (Phi) is 8.42. The molecule has 2 nitrogen and oxygen atoms in total. The van der Waals surface area contributed by atoms with Crippen LogP contribution in [0.1, 0.15) is 71.0 Å². The summed E-state index contributed by atoms with van der Waals surface area (Å²) in [5, 5.41) is 1.84. The molecule has 1 aromatic carbocycles. The summed E-state index contributed by atoms with van der Waals surface area (Å²) >= 11 is 19.4. The van der Waals surface area contributed by atoms with E-state index in [9.17, 15) is 0 Å². The molecule has 0 radical (unpaired) electrons. The van der Waals surface area contributed by atoms with Crippen molar-refractivity contribution in [2.24, 2.45) is 11.3 Å². The van der Waals surface area contributed by atoms with E-state index in [2.05, 4.69) is 20.8 Å². The molecule has 2 aliphatic rings. The van der Waals surface area contributed by atoms with Gasteiger partial charge in [-0.25, -0.2) is 0 Å². The number of rotatable bonds is 9. The predicted octanol–water partition coefficient (Wildman–Crippen LogP) is 8.70. The van der Waals surface area contributed by atoms with Crippen LogP contribution in [0.25, 0.3) is 0 Å². The largest absolute Gasteiger partial charge is 0.410 e. The molecule has 1 unspecified atom stereocenters. The standard InChI is InChI=1S/C23H35Cl3O2Si/c1-4-29(5-2,6-3)28-21(22-19(25)13-18(24)14-20(22)26)8-7-17-9-11-23(12-10-17)15-27-16-23/h13-14,17,21H,4-12,15-16H2,1-3H3. The highest BCUT2D eigenvalue weighted by Crippen LogP contribution is 2.47. The first-order chi connectivity index (χ1) is 13.9. The van der Waals surface area contributed by atoms with Crippen LogP contribution in [0.15, 0.2) is 12.1 Å². The van der Waals surface area contributed by atoms with E-state index in [4.69, 9.17) is 44.0 Å². The van der Waals surface area contributed by atoms with Crippen LogP contribution in [-0.4, -0.2) is 21.5 Å². The Morgan fingerprint density at radius 1 is 1.03 bits per heavy atom. The number of halogens is 3. The van der Waals surface area contributed by atoms with Crippen molar-refractivity contribution in [3.63, 3.8) is 0 Å². The lowest BCUT2D eigenvalue weighted by Crippen LogP contribution is -2.45. The van der Waals surface area contributed by atoms with Gasteiger partial charge in [0.25, 0.3) is 0 Å². The number of hydrogen-bond donors (Lipinski definition) is 0. The second kappa shape index (κ2) is 10.2. The molecule has 164 valence electrons. The van der Waals surface area contributed by atoms with Crippen molar-refractivity contribution in [3.05, 3.63) is 32.8 Å². The monoisotopic (exact) mass is 476 g/mol. The highest BCUT2D eigenvalue weighted by Gasteiger charge is 2.41. The predicted molar refractivity (Wildman–Crippen MR) is 127 cm³/mol. The zero-order chi connectivity index (χ0) is 21.1. The Balaban J connectivity index is 1.74. The van der Waals surface area contributed by atoms with Crippen molar-refractivity contribution in [1.82, 2.24) is 0 Å². The van der Waals surface area contributed by atoms with Crippen LogP contribution in [-0.2, 0) is 9.16 Å². The fraction of sp³-hybridized carbons (Fsp3) is 0.739. The Morgan fingerprint density at radius 2 is 1.59 bits per heavy atom. The zero-order valence-electron chi connectivity index (χ0n) is 18.0. The third-order valence-corrected chi connectivity index (χ3v) is 13.0. The lowest BCUT2D eigenvalue weighted by atomic mass is 9.68. The quantitative estimate of drug-likeness (QED) is 0.331. The summed E-state index contributed by atoms with van der Waals surface area (Å²) in [5.74, 6) is 0.762. The van der Waals surface area contributed by atoms with Gasteiger partial charge in [0.15, 0.2) is 8.32 Å². The van der Waals surface area contributed by atoms with Gasteiger partial charge in [-0.15, -0.1) is 0 Å². The summed E-state index contributed by atoms with van der Waals surface area (Å²) in [6.45, 7) is 8.74. The lowest BCUT2D eigenvalue weighted by molar-refractivity contribution is -0.136. The Labute approximate surface area is 192 Å². The van der Waals surface area contributed by atoms with Crippen molar-refractivity contribution in [2.75, 3.05) is 13.2 Å². The molecule has 0 aromatic heterocycles. The van der Waals surface area contributed by atoms with E-state index in [0.717, 1.165) is 49.2 Å². The molecule has 1 heterocycles. The zero-order valence-corrected chi connectivity index (χ0v) is 21.3. The Hall–Kier alpha value is 0.227. The van der Waals surface area contributed by atoms with Crippen molar-refractivity contribution >= 4 is 43.1 Å². The molecule has 1 saturated carbocycles. The smallest absolute Gasteiger partial charge is 0.192 e. The van der Waals surface area contributed by atoms with E-state index in [1.165, 1.54) is 32.1 Å². The van der Waals surface area contributed by atoms with Crippen LogP contribution in [0.5, 0.6) is 0 Å². The third-order valence-electron chi connectivity index (χ3n) is 7.51. The molecule has 0 amide bonds. The average Bonchev–Trinajstić information content (AvgIpc) is 2.68. The maximum Gasteiger partial charge on any atom is 0.192 e. The minimum atomic E-state index is -1.80. The molecule has 2 fully saturated rings. The molecule has 0 N–H and O–H groups in total. The summed E-state index contributed by atoms with van der Waals surface area (Å²) in [6, 6.07) is 6.95. The van der Waals surface area contributed by atoms with Gasteiger partial charge in [0.2, 0.25) is 0 Å². The van der Waals surface area contributed by atoms with Crippen LogP contribution >= 0.6 is 34.8 Å². The highest BCUT2D eigenvalue weighted by atomic mass is 35.5. The number of hydrogen-bond acceptors (Lipinski definition) is 2. The third kappa shape index (κ3) is 5.54. The molecule has 1 aliphatic heterocycles. The minimum absolute atomic E-state index is 0.0401. The molecule has 1 atom stereocenters. The highest BCUT2D eigenvalue weighted by molar-refractivity contribution is 6.73. The van der Waals surface area contributed by atoms with Gasteiger partial charge in [-0.3, -0.25) is 0 Å². The lowest BCUT2D eigenvalue weighted by Gasteiger charge is -2.46. The van der Waals surface area contributed by atoms with E-state index in [-0.39, 0.29) is 6.10 Å². The Morgan fingerprint density at radius 3 is 2.03 bits per heavy atom. The molecule has 0 bridgehead atoms. The van der Waals surface area contributed by atoms with E-state index in [1.54, 1.807) is 12.1 Å². The van der Waals surface area contributed by atoms with Crippen LogP contribution in [0.3, 0.4) is 0 Å². The average molecular weight is 478 g/mol. The second-order valence-electron chi connectivity index (χ2n) is 9.15. The normalized spacial score (nSPS) is 20.6. The first-order valence-corrected chi connectivity index (χ1v) is 14.9. The topological polar surface area (TPSA) is 18.5 Å². The van der Waals surface area contributed by atoms with E-state index < -0.39 is 8.32 Å². The number of benzene rings is 1. The Bertz CT molecular complexity index is 647. The van der Waals surface area contributed by atoms with Gasteiger partial charge in [0.1, 0.15) is 0 Å². The van der Waals surface area contributed by atoms with E-state index in [1.807, 2.05) is 0 Å². The van der Waals surface area contributed by atoms with Crippen LogP contribution in [0.4, 0.5) is 0 Å². The van der Waals surface area contributed by atoms with Crippen LogP contribution in [0, 0.1) is 11.3 Å².